The molecule has 2 rings (SSSR count). The summed E-state index contributed by atoms with van der Waals surface area (Å²) in [5, 5.41) is 7.84. The molecule has 0 radical (unpaired) electrons. The van der Waals surface area contributed by atoms with Gasteiger partial charge in [-0.25, -0.2) is 0 Å². The third-order valence-corrected chi connectivity index (χ3v) is 3.86. The molecule has 1 N–H and O–H groups in total. The standard InChI is InChI=1S/C17H25N3/c1-4-16-12-17(20(3)19-16)11-10-15(13-18-2)14-8-6-5-7-9-14/h5-9,12,15,18H,4,10-11,13H2,1-3H3. The fraction of sp³-hybridized carbons (Fsp3) is 0.471. The number of hydrogen-bond donors (Lipinski definition) is 1. The molecular weight excluding hydrogens is 246 g/mol. The van der Waals surface area contributed by atoms with E-state index in [1.165, 1.54) is 17.0 Å². The first kappa shape index (κ1) is 14.8. The van der Waals surface area contributed by atoms with E-state index in [2.05, 4.69) is 53.7 Å². The Hall–Kier alpha value is -1.61. The summed E-state index contributed by atoms with van der Waals surface area (Å²) in [6, 6.07) is 13.0. The zero-order valence-corrected chi connectivity index (χ0v) is 12.8. The van der Waals surface area contributed by atoms with Crippen LogP contribution >= 0.6 is 0 Å². The van der Waals surface area contributed by atoms with E-state index in [0.29, 0.717) is 5.92 Å². The van der Waals surface area contributed by atoms with Gasteiger partial charge in [0.2, 0.25) is 0 Å². The van der Waals surface area contributed by atoms with Gasteiger partial charge in [0.15, 0.2) is 0 Å². The van der Waals surface area contributed by atoms with E-state index in [4.69, 9.17) is 0 Å². The Labute approximate surface area is 122 Å². The van der Waals surface area contributed by atoms with Crippen LogP contribution in [0.15, 0.2) is 36.4 Å². The summed E-state index contributed by atoms with van der Waals surface area (Å²) in [5.74, 6) is 0.557. The number of hydrogen-bond acceptors (Lipinski definition) is 2. The lowest BCUT2D eigenvalue weighted by Crippen LogP contribution is -2.18. The van der Waals surface area contributed by atoms with Gasteiger partial charge in [-0.1, -0.05) is 37.3 Å². The number of benzene rings is 1. The van der Waals surface area contributed by atoms with Crippen LogP contribution in [0.4, 0.5) is 0 Å². The lowest BCUT2D eigenvalue weighted by atomic mass is 9.93. The third kappa shape index (κ3) is 3.70. The first-order chi connectivity index (χ1) is 9.74. The van der Waals surface area contributed by atoms with Crippen molar-refractivity contribution >= 4 is 0 Å². The number of likely N-dealkylation sites (N-methyl/N-ethyl adjacent to an activating group) is 1. The van der Waals surface area contributed by atoms with Crippen molar-refractivity contribution < 1.29 is 0 Å². The average molecular weight is 271 g/mol. The van der Waals surface area contributed by atoms with E-state index in [1.807, 2.05) is 18.8 Å². The van der Waals surface area contributed by atoms with E-state index in [1.54, 1.807) is 0 Å². The molecule has 0 saturated carbocycles. The van der Waals surface area contributed by atoms with E-state index < -0.39 is 0 Å². The number of nitrogens with one attached hydrogen (secondary N) is 1. The predicted octanol–water partition coefficient (Wildman–Crippen LogP) is 2.92. The lowest BCUT2D eigenvalue weighted by Gasteiger charge is -2.17. The van der Waals surface area contributed by atoms with Crippen LogP contribution in [0.3, 0.4) is 0 Å². The predicted molar refractivity (Wildman–Crippen MR) is 84.0 cm³/mol. The SMILES string of the molecule is CCc1cc(CCC(CNC)c2ccccc2)n(C)n1. The molecule has 3 nitrogen and oxygen atoms in total. The molecule has 0 saturated heterocycles. The van der Waals surface area contributed by atoms with Crippen molar-refractivity contribution in [2.24, 2.45) is 7.05 Å². The van der Waals surface area contributed by atoms with Crippen LogP contribution in [0.1, 0.15) is 36.2 Å². The minimum Gasteiger partial charge on any atom is -0.319 e. The average Bonchev–Trinajstić information content (AvgIpc) is 2.85. The fourth-order valence-corrected chi connectivity index (χ4v) is 2.66. The van der Waals surface area contributed by atoms with Crippen LogP contribution in [0.2, 0.25) is 0 Å². The van der Waals surface area contributed by atoms with Gasteiger partial charge in [0.05, 0.1) is 5.69 Å². The van der Waals surface area contributed by atoms with Crippen LogP contribution in [0.25, 0.3) is 0 Å². The summed E-state index contributed by atoms with van der Waals surface area (Å²) >= 11 is 0. The summed E-state index contributed by atoms with van der Waals surface area (Å²) < 4.78 is 2.03. The Kier molecular flexibility index (Phi) is 5.36. The summed E-state index contributed by atoms with van der Waals surface area (Å²) in [5.41, 5.74) is 3.94. The molecule has 0 aliphatic heterocycles. The van der Waals surface area contributed by atoms with Crippen LogP contribution in [0.5, 0.6) is 0 Å². The topological polar surface area (TPSA) is 29.9 Å². The first-order valence-electron chi connectivity index (χ1n) is 7.46. The van der Waals surface area contributed by atoms with E-state index in [-0.39, 0.29) is 0 Å². The molecule has 1 unspecified atom stereocenters. The van der Waals surface area contributed by atoms with Gasteiger partial charge in [-0.05, 0) is 43.9 Å². The highest BCUT2D eigenvalue weighted by Gasteiger charge is 2.12. The second-order valence-corrected chi connectivity index (χ2v) is 5.31. The molecule has 1 atom stereocenters. The van der Waals surface area contributed by atoms with E-state index in [0.717, 1.165) is 25.8 Å². The fourth-order valence-electron chi connectivity index (χ4n) is 2.66. The van der Waals surface area contributed by atoms with Gasteiger partial charge in [-0.3, -0.25) is 4.68 Å². The Morgan fingerprint density at radius 3 is 2.60 bits per heavy atom. The van der Waals surface area contributed by atoms with Gasteiger partial charge in [-0.2, -0.15) is 5.10 Å². The zero-order valence-electron chi connectivity index (χ0n) is 12.8. The van der Waals surface area contributed by atoms with Gasteiger partial charge < -0.3 is 5.32 Å². The maximum Gasteiger partial charge on any atom is 0.0624 e. The van der Waals surface area contributed by atoms with Crippen LogP contribution in [0, 0.1) is 0 Å². The number of nitrogens with zero attached hydrogens (tertiary/aromatic N) is 2. The number of aryl methyl sites for hydroxylation is 3. The quantitative estimate of drug-likeness (QED) is 0.839. The molecular formula is C17H25N3. The molecule has 0 aliphatic carbocycles. The summed E-state index contributed by atoms with van der Waals surface area (Å²) in [6.45, 7) is 3.17. The molecule has 0 aliphatic rings. The zero-order chi connectivity index (χ0) is 14.4. The Morgan fingerprint density at radius 1 is 1.25 bits per heavy atom. The molecule has 20 heavy (non-hydrogen) atoms. The second kappa shape index (κ2) is 7.25. The van der Waals surface area contributed by atoms with Crippen LogP contribution in [-0.4, -0.2) is 23.4 Å². The van der Waals surface area contributed by atoms with Crippen LogP contribution in [-0.2, 0) is 19.9 Å². The summed E-state index contributed by atoms with van der Waals surface area (Å²) in [6.07, 6.45) is 3.23. The number of aromatic nitrogens is 2. The monoisotopic (exact) mass is 271 g/mol. The highest BCUT2D eigenvalue weighted by atomic mass is 15.3. The summed E-state index contributed by atoms with van der Waals surface area (Å²) in [7, 11) is 4.07. The Balaban J connectivity index is 2.03. The molecule has 2 aromatic rings. The van der Waals surface area contributed by atoms with Crippen molar-refractivity contribution in [2.75, 3.05) is 13.6 Å². The van der Waals surface area contributed by atoms with E-state index >= 15 is 0 Å². The van der Waals surface area contributed by atoms with Crippen molar-refractivity contribution in [3.63, 3.8) is 0 Å². The van der Waals surface area contributed by atoms with Crippen LogP contribution < -0.4 is 5.32 Å². The van der Waals surface area contributed by atoms with Crippen molar-refractivity contribution in [1.29, 1.82) is 0 Å². The molecule has 0 fully saturated rings. The molecule has 108 valence electrons. The van der Waals surface area contributed by atoms with Gasteiger partial charge in [0.1, 0.15) is 0 Å². The Bertz CT molecular complexity index is 516. The third-order valence-electron chi connectivity index (χ3n) is 3.86. The largest absolute Gasteiger partial charge is 0.319 e. The van der Waals surface area contributed by atoms with Gasteiger partial charge in [-0.15, -0.1) is 0 Å². The summed E-state index contributed by atoms with van der Waals surface area (Å²) in [4.78, 5) is 0. The first-order valence-corrected chi connectivity index (χ1v) is 7.46. The van der Waals surface area contributed by atoms with Crippen molar-refractivity contribution in [1.82, 2.24) is 15.1 Å². The second-order valence-electron chi connectivity index (χ2n) is 5.31. The van der Waals surface area contributed by atoms with Crippen molar-refractivity contribution in [3.05, 3.63) is 53.3 Å². The van der Waals surface area contributed by atoms with Crippen molar-refractivity contribution in [3.8, 4) is 0 Å². The Morgan fingerprint density at radius 2 is 2.00 bits per heavy atom. The maximum atomic E-state index is 4.53. The highest BCUT2D eigenvalue weighted by Crippen LogP contribution is 2.21. The van der Waals surface area contributed by atoms with Gasteiger partial charge in [0.25, 0.3) is 0 Å². The molecule has 0 amide bonds. The molecule has 0 bridgehead atoms. The smallest absolute Gasteiger partial charge is 0.0624 e. The molecule has 1 aromatic carbocycles. The van der Waals surface area contributed by atoms with Gasteiger partial charge in [0, 0.05) is 19.3 Å². The van der Waals surface area contributed by atoms with E-state index in [9.17, 15) is 0 Å². The highest BCUT2D eigenvalue weighted by molar-refractivity contribution is 5.20. The maximum absolute atomic E-state index is 4.53. The molecule has 1 aromatic heterocycles. The van der Waals surface area contributed by atoms with Gasteiger partial charge >= 0.3 is 0 Å². The minimum atomic E-state index is 0.557. The minimum absolute atomic E-state index is 0.557. The molecule has 3 heteroatoms. The number of rotatable bonds is 7. The lowest BCUT2D eigenvalue weighted by molar-refractivity contribution is 0.566. The van der Waals surface area contributed by atoms with Crippen molar-refractivity contribution in [2.45, 2.75) is 32.1 Å². The molecule has 0 spiro atoms. The normalized spacial score (nSPS) is 12.6. The molecule has 1 heterocycles.